The summed E-state index contributed by atoms with van der Waals surface area (Å²) in [5, 5.41) is 8.80. The third kappa shape index (κ3) is 3.12. The molecule has 0 radical (unpaired) electrons. The van der Waals surface area contributed by atoms with Gasteiger partial charge in [0.25, 0.3) is 0 Å². The van der Waals surface area contributed by atoms with Gasteiger partial charge in [-0.3, -0.25) is 4.79 Å². The van der Waals surface area contributed by atoms with Crippen LogP contribution in [0.25, 0.3) is 11.3 Å². The zero-order valence-corrected chi connectivity index (χ0v) is 13.2. The summed E-state index contributed by atoms with van der Waals surface area (Å²) in [4.78, 5) is 13.1. The van der Waals surface area contributed by atoms with E-state index in [1.165, 1.54) is 0 Å². The molecule has 0 unspecified atom stereocenters. The fourth-order valence-electron chi connectivity index (χ4n) is 2.21. The molecule has 114 valence electrons. The maximum atomic E-state index is 12.0. The highest BCUT2D eigenvalue weighted by Crippen LogP contribution is 2.25. The Morgan fingerprint density at radius 1 is 1.41 bits per heavy atom. The lowest BCUT2D eigenvalue weighted by Gasteiger charge is -2.03. The first-order valence-electron chi connectivity index (χ1n) is 6.93. The molecule has 22 heavy (non-hydrogen) atoms. The molecule has 6 heteroatoms. The third-order valence-corrected chi connectivity index (χ3v) is 4.37. The first-order chi connectivity index (χ1) is 10.6. The van der Waals surface area contributed by atoms with Gasteiger partial charge in [-0.2, -0.15) is 0 Å². The Kier molecular flexibility index (Phi) is 4.11. The van der Waals surface area contributed by atoms with Crippen molar-refractivity contribution in [1.82, 2.24) is 10.5 Å². The molecule has 0 atom stereocenters. The minimum Gasteiger partial charge on any atom is -0.464 e. The Morgan fingerprint density at radius 2 is 2.27 bits per heavy atom. The predicted octanol–water partition coefficient (Wildman–Crippen LogP) is 3.47. The first-order valence-corrected chi connectivity index (χ1v) is 7.81. The fraction of sp³-hybridized carbons (Fsp3) is 0.250. The number of nitrogens with zero attached hydrogens (tertiary/aromatic N) is 1. The van der Waals surface area contributed by atoms with E-state index in [1.54, 1.807) is 17.6 Å². The van der Waals surface area contributed by atoms with Gasteiger partial charge in [-0.25, -0.2) is 0 Å². The molecule has 0 aliphatic heterocycles. The lowest BCUT2D eigenvalue weighted by Crippen LogP contribution is -2.24. The number of hydrogen-bond acceptors (Lipinski definition) is 5. The molecule has 0 fully saturated rings. The molecule has 0 spiro atoms. The quantitative estimate of drug-likeness (QED) is 0.782. The zero-order valence-electron chi connectivity index (χ0n) is 12.4. The van der Waals surface area contributed by atoms with Gasteiger partial charge in [-0.1, -0.05) is 5.16 Å². The van der Waals surface area contributed by atoms with E-state index in [2.05, 4.69) is 10.5 Å². The predicted molar refractivity (Wildman–Crippen MR) is 83.5 cm³/mol. The summed E-state index contributed by atoms with van der Waals surface area (Å²) in [5.41, 5.74) is 2.66. The second-order valence-electron chi connectivity index (χ2n) is 5.04. The van der Waals surface area contributed by atoms with Crippen LogP contribution in [0, 0.1) is 13.8 Å². The van der Waals surface area contributed by atoms with Crippen molar-refractivity contribution >= 4 is 17.2 Å². The van der Waals surface area contributed by atoms with Crippen molar-refractivity contribution in [3.8, 4) is 11.3 Å². The Labute approximate surface area is 131 Å². The number of rotatable bonds is 5. The molecule has 3 aromatic rings. The van der Waals surface area contributed by atoms with Crippen LogP contribution in [-0.4, -0.2) is 11.1 Å². The van der Waals surface area contributed by atoms with Gasteiger partial charge in [0.2, 0.25) is 5.91 Å². The van der Waals surface area contributed by atoms with Crippen LogP contribution in [0.3, 0.4) is 0 Å². The summed E-state index contributed by atoms with van der Waals surface area (Å²) in [5.74, 6) is 1.50. The molecule has 0 bridgehead atoms. The smallest absolute Gasteiger partial charge is 0.224 e. The SMILES string of the molecule is Cc1noc(C)c1CC(=O)NCc1cc(-c2ccco2)cs1. The molecule has 3 rings (SSSR count). The van der Waals surface area contributed by atoms with E-state index >= 15 is 0 Å². The van der Waals surface area contributed by atoms with E-state index in [9.17, 15) is 4.79 Å². The first kappa shape index (κ1) is 14.6. The molecule has 0 saturated carbocycles. The maximum absolute atomic E-state index is 12.0. The highest BCUT2D eigenvalue weighted by atomic mass is 32.1. The van der Waals surface area contributed by atoms with Crippen LogP contribution in [0.15, 0.2) is 38.8 Å². The van der Waals surface area contributed by atoms with Crippen molar-refractivity contribution in [2.75, 3.05) is 0 Å². The van der Waals surface area contributed by atoms with Gasteiger partial charge in [0, 0.05) is 21.4 Å². The molecule has 0 aliphatic carbocycles. The van der Waals surface area contributed by atoms with Crippen molar-refractivity contribution in [2.45, 2.75) is 26.8 Å². The minimum absolute atomic E-state index is 0.0395. The number of carbonyl (C=O) groups excluding carboxylic acids is 1. The van der Waals surface area contributed by atoms with Crippen LogP contribution in [0.1, 0.15) is 21.9 Å². The number of hydrogen-bond donors (Lipinski definition) is 1. The van der Waals surface area contributed by atoms with Gasteiger partial charge < -0.3 is 14.3 Å². The van der Waals surface area contributed by atoms with Gasteiger partial charge in [0.1, 0.15) is 11.5 Å². The van der Waals surface area contributed by atoms with Crippen LogP contribution in [0.2, 0.25) is 0 Å². The van der Waals surface area contributed by atoms with Crippen LogP contribution in [0.4, 0.5) is 0 Å². The summed E-state index contributed by atoms with van der Waals surface area (Å²) in [6, 6.07) is 5.81. The maximum Gasteiger partial charge on any atom is 0.224 e. The molecule has 1 N–H and O–H groups in total. The molecule has 0 aromatic carbocycles. The van der Waals surface area contributed by atoms with E-state index in [1.807, 2.05) is 37.4 Å². The number of furan rings is 1. The molecule has 0 aliphatic rings. The van der Waals surface area contributed by atoms with Crippen molar-refractivity contribution in [2.24, 2.45) is 0 Å². The number of nitrogens with one attached hydrogen (secondary N) is 1. The molecule has 3 heterocycles. The van der Waals surface area contributed by atoms with Crippen molar-refractivity contribution in [3.63, 3.8) is 0 Å². The number of aromatic nitrogens is 1. The number of thiophene rings is 1. The zero-order chi connectivity index (χ0) is 15.5. The van der Waals surface area contributed by atoms with Gasteiger partial charge in [0.05, 0.1) is 24.9 Å². The van der Waals surface area contributed by atoms with Crippen molar-refractivity contribution < 1.29 is 13.7 Å². The van der Waals surface area contributed by atoms with Crippen LogP contribution >= 0.6 is 11.3 Å². The van der Waals surface area contributed by atoms with Gasteiger partial charge in [-0.05, 0) is 32.0 Å². The Hall–Kier alpha value is -2.34. The topological polar surface area (TPSA) is 68.3 Å². The normalized spacial score (nSPS) is 10.8. The Balaban J connectivity index is 1.57. The van der Waals surface area contributed by atoms with E-state index in [0.717, 1.165) is 27.5 Å². The summed E-state index contributed by atoms with van der Waals surface area (Å²) in [7, 11) is 0. The van der Waals surface area contributed by atoms with Crippen LogP contribution in [-0.2, 0) is 17.8 Å². The molecular weight excluding hydrogens is 300 g/mol. The molecule has 1 amide bonds. The highest BCUT2D eigenvalue weighted by molar-refractivity contribution is 7.10. The molecular formula is C16H16N2O3S. The van der Waals surface area contributed by atoms with Crippen molar-refractivity contribution in [1.29, 1.82) is 0 Å². The van der Waals surface area contributed by atoms with Crippen molar-refractivity contribution in [3.05, 3.63) is 51.7 Å². The Morgan fingerprint density at radius 3 is 2.95 bits per heavy atom. The average Bonchev–Trinajstić information content (AvgIpc) is 3.22. The van der Waals surface area contributed by atoms with Gasteiger partial charge in [0.15, 0.2) is 0 Å². The fourth-order valence-corrected chi connectivity index (χ4v) is 3.02. The summed E-state index contributed by atoms with van der Waals surface area (Å²) >= 11 is 1.60. The number of amides is 1. The molecule has 3 aromatic heterocycles. The highest BCUT2D eigenvalue weighted by Gasteiger charge is 2.13. The lowest BCUT2D eigenvalue weighted by atomic mass is 10.1. The summed E-state index contributed by atoms with van der Waals surface area (Å²) in [6.07, 6.45) is 1.94. The lowest BCUT2D eigenvalue weighted by molar-refractivity contribution is -0.120. The Bertz CT molecular complexity index is 752. The van der Waals surface area contributed by atoms with Crippen LogP contribution < -0.4 is 5.32 Å². The van der Waals surface area contributed by atoms with E-state index in [4.69, 9.17) is 8.94 Å². The summed E-state index contributed by atoms with van der Waals surface area (Å²) in [6.45, 7) is 4.17. The standard InChI is InChI=1S/C16H16N2O3S/c1-10-14(11(2)21-18-10)7-16(19)17-8-13-6-12(9-22-13)15-4-3-5-20-15/h3-6,9H,7-8H2,1-2H3,(H,17,19). The third-order valence-electron chi connectivity index (χ3n) is 3.44. The molecule has 5 nitrogen and oxygen atoms in total. The summed E-state index contributed by atoms with van der Waals surface area (Å²) < 4.78 is 10.4. The second kappa shape index (κ2) is 6.19. The van der Waals surface area contributed by atoms with E-state index in [-0.39, 0.29) is 12.3 Å². The monoisotopic (exact) mass is 316 g/mol. The minimum atomic E-state index is -0.0395. The second-order valence-corrected chi connectivity index (χ2v) is 6.03. The van der Waals surface area contributed by atoms with Gasteiger partial charge in [-0.15, -0.1) is 11.3 Å². The van der Waals surface area contributed by atoms with E-state index < -0.39 is 0 Å². The van der Waals surface area contributed by atoms with Gasteiger partial charge >= 0.3 is 0 Å². The number of carbonyl (C=O) groups is 1. The largest absolute Gasteiger partial charge is 0.464 e. The van der Waals surface area contributed by atoms with Crippen LogP contribution in [0.5, 0.6) is 0 Å². The average molecular weight is 316 g/mol. The molecule has 0 saturated heterocycles. The van der Waals surface area contributed by atoms with E-state index in [0.29, 0.717) is 12.3 Å². The number of aryl methyl sites for hydroxylation is 2.